The number of hydrogen-bond acceptors (Lipinski definition) is 5. The third-order valence-corrected chi connectivity index (χ3v) is 5.74. The van der Waals surface area contributed by atoms with Crippen molar-refractivity contribution in [1.82, 2.24) is 0 Å². The van der Waals surface area contributed by atoms with Crippen molar-refractivity contribution in [3.8, 4) is 0 Å². The maximum absolute atomic E-state index is 12.2. The Balaban J connectivity index is 1.94. The highest BCUT2D eigenvalue weighted by molar-refractivity contribution is 7.92. The third kappa shape index (κ3) is 7.14. The van der Waals surface area contributed by atoms with E-state index in [-0.39, 0.29) is 36.7 Å². The summed E-state index contributed by atoms with van der Waals surface area (Å²) in [5.74, 6) is -0.219. The molecule has 0 radical (unpaired) electrons. The summed E-state index contributed by atoms with van der Waals surface area (Å²) in [4.78, 5) is 22.6. The van der Waals surface area contributed by atoms with Crippen molar-refractivity contribution in [2.75, 3.05) is 22.4 Å². The average Bonchev–Trinajstić information content (AvgIpc) is 2.70. The standard InChI is InChI=1S/C21H27N3O5S/c1-3-4-7-17-11-13-18(14-12-17)22-21(25)10-6-15-23(30(2,28)29)19-8-5-9-20(16-19)24(26)27/h5,8-9,11-14,16H,3-4,6-7,10,15H2,1-2H3,(H,22,25). The number of non-ortho nitro benzene ring substituents is 1. The summed E-state index contributed by atoms with van der Waals surface area (Å²) in [5, 5.41) is 13.8. The first-order chi connectivity index (χ1) is 14.2. The summed E-state index contributed by atoms with van der Waals surface area (Å²) in [6.07, 6.45) is 4.68. The van der Waals surface area contributed by atoms with Gasteiger partial charge in [0, 0.05) is 30.8 Å². The van der Waals surface area contributed by atoms with Crippen molar-refractivity contribution in [3.63, 3.8) is 0 Å². The number of nitro groups is 1. The lowest BCUT2D eigenvalue weighted by Crippen LogP contribution is -2.31. The zero-order chi connectivity index (χ0) is 22.1. The highest BCUT2D eigenvalue weighted by atomic mass is 32.2. The van der Waals surface area contributed by atoms with Crippen LogP contribution in [0.15, 0.2) is 48.5 Å². The van der Waals surface area contributed by atoms with Gasteiger partial charge in [-0.15, -0.1) is 0 Å². The number of carbonyl (C=O) groups is 1. The predicted octanol–water partition coefficient (Wildman–Crippen LogP) is 4.12. The number of nitro benzene ring substituents is 1. The molecule has 0 aliphatic carbocycles. The van der Waals surface area contributed by atoms with Gasteiger partial charge in [-0.05, 0) is 43.0 Å². The number of aryl methyl sites for hydroxylation is 1. The number of nitrogens with one attached hydrogen (secondary N) is 1. The molecule has 0 bridgehead atoms. The second-order valence-electron chi connectivity index (χ2n) is 7.06. The summed E-state index contributed by atoms with van der Waals surface area (Å²) in [6.45, 7) is 2.18. The van der Waals surface area contributed by atoms with Gasteiger partial charge in [-0.25, -0.2) is 8.42 Å². The van der Waals surface area contributed by atoms with Crippen LogP contribution in [0.3, 0.4) is 0 Å². The van der Waals surface area contributed by atoms with E-state index in [1.54, 1.807) is 0 Å². The molecule has 0 aliphatic rings. The monoisotopic (exact) mass is 433 g/mol. The van der Waals surface area contributed by atoms with Crippen LogP contribution in [0, 0.1) is 10.1 Å². The molecule has 2 aromatic carbocycles. The number of amides is 1. The summed E-state index contributed by atoms with van der Waals surface area (Å²) in [7, 11) is -3.65. The van der Waals surface area contributed by atoms with Crippen LogP contribution in [0.5, 0.6) is 0 Å². The molecule has 0 saturated heterocycles. The maximum Gasteiger partial charge on any atom is 0.271 e. The lowest BCUT2D eigenvalue weighted by atomic mass is 10.1. The first-order valence-electron chi connectivity index (χ1n) is 9.81. The fourth-order valence-electron chi connectivity index (χ4n) is 2.99. The number of benzene rings is 2. The minimum absolute atomic E-state index is 0.0450. The lowest BCUT2D eigenvalue weighted by molar-refractivity contribution is -0.384. The van der Waals surface area contributed by atoms with Crippen LogP contribution in [0.25, 0.3) is 0 Å². The Morgan fingerprint density at radius 1 is 1.13 bits per heavy atom. The van der Waals surface area contributed by atoms with E-state index in [0.717, 1.165) is 29.8 Å². The van der Waals surface area contributed by atoms with Crippen LogP contribution >= 0.6 is 0 Å². The topological polar surface area (TPSA) is 110 Å². The molecule has 162 valence electrons. The van der Waals surface area contributed by atoms with E-state index in [1.165, 1.54) is 29.8 Å². The highest BCUT2D eigenvalue weighted by Gasteiger charge is 2.19. The maximum atomic E-state index is 12.2. The van der Waals surface area contributed by atoms with E-state index >= 15 is 0 Å². The number of unbranched alkanes of at least 4 members (excludes halogenated alkanes) is 1. The summed E-state index contributed by atoms with van der Waals surface area (Å²) < 4.78 is 25.4. The van der Waals surface area contributed by atoms with Crippen LogP contribution in [0.1, 0.15) is 38.2 Å². The molecule has 0 heterocycles. The second kappa shape index (κ2) is 10.7. The van der Waals surface area contributed by atoms with Gasteiger partial charge in [0.05, 0.1) is 16.9 Å². The highest BCUT2D eigenvalue weighted by Crippen LogP contribution is 2.23. The van der Waals surface area contributed by atoms with Crippen LogP contribution < -0.4 is 9.62 Å². The molecule has 0 unspecified atom stereocenters. The number of anilines is 2. The molecule has 0 fully saturated rings. The molecule has 30 heavy (non-hydrogen) atoms. The number of carbonyl (C=O) groups excluding carboxylic acids is 1. The van der Waals surface area contributed by atoms with E-state index in [2.05, 4.69) is 12.2 Å². The van der Waals surface area contributed by atoms with Gasteiger partial charge in [-0.2, -0.15) is 0 Å². The van der Waals surface area contributed by atoms with Crippen molar-refractivity contribution < 1.29 is 18.1 Å². The molecule has 8 nitrogen and oxygen atoms in total. The molecule has 2 aromatic rings. The van der Waals surface area contributed by atoms with Gasteiger partial charge < -0.3 is 5.32 Å². The molecule has 1 amide bonds. The number of sulfonamides is 1. The Morgan fingerprint density at radius 2 is 1.83 bits per heavy atom. The van der Waals surface area contributed by atoms with Crippen molar-refractivity contribution >= 4 is 33.0 Å². The Bertz CT molecular complexity index is 974. The van der Waals surface area contributed by atoms with Crippen molar-refractivity contribution in [1.29, 1.82) is 0 Å². The minimum atomic E-state index is -3.65. The van der Waals surface area contributed by atoms with E-state index in [1.807, 2.05) is 24.3 Å². The molecule has 0 aromatic heterocycles. The quantitative estimate of drug-likeness (QED) is 0.423. The smallest absolute Gasteiger partial charge is 0.271 e. The van der Waals surface area contributed by atoms with Gasteiger partial charge in [0.2, 0.25) is 15.9 Å². The molecule has 0 saturated carbocycles. The Labute approximate surface area is 177 Å². The summed E-state index contributed by atoms with van der Waals surface area (Å²) in [6, 6.07) is 13.1. The van der Waals surface area contributed by atoms with E-state index in [9.17, 15) is 23.3 Å². The Hall–Kier alpha value is -2.94. The van der Waals surface area contributed by atoms with Gasteiger partial charge in [0.1, 0.15) is 0 Å². The van der Waals surface area contributed by atoms with Gasteiger partial charge in [-0.3, -0.25) is 19.2 Å². The van der Waals surface area contributed by atoms with Crippen LogP contribution in [-0.4, -0.2) is 32.0 Å². The zero-order valence-electron chi connectivity index (χ0n) is 17.2. The first kappa shape index (κ1) is 23.3. The first-order valence-corrected chi connectivity index (χ1v) is 11.7. The Kier molecular flexibility index (Phi) is 8.35. The van der Waals surface area contributed by atoms with E-state index < -0.39 is 14.9 Å². The van der Waals surface area contributed by atoms with Gasteiger partial charge in [0.15, 0.2) is 0 Å². The normalized spacial score (nSPS) is 11.1. The molecule has 9 heteroatoms. The van der Waals surface area contributed by atoms with Gasteiger partial charge >= 0.3 is 0 Å². The predicted molar refractivity (Wildman–Crippen MR) is 118 cm³/mol. The van der Waals surface area contributed by atoms with Crippen LogP contribution in [-0.2, 0) is 21.2 Å². The fraction of sp³-hybridized carbons (Fsp3) is 0.381. The largest absolute Gasteiger partial charge is 0.326 e. The van der Waals surface area contributed by atoms with Gasteiger partial charge in [0.25, 0.3) is 5.69 Å². The number of hydrogen-bond donors (Lipinski definition) is 1. The van der Waals surface area contributed by atoms with E-state index in [4.69, 9.17) is 0 Å². The lowest BCUT2D eigenvalue weighted by Gasteiger charge is -2.22. The van der Waals surface area contributed by atoms with Crippen molar-refractivity contribution in [3.05, 3.63) is 64.2 Å². The van der Waals surface area contributed by atoms with Crippen molar-refractivity contribution in [2.24, 2.45) is 0 Å². The third-order valence-electron chi connectivity index (χ3n) is 4.55. The molecule has 0 spiro atoms. The molecule has 1 N–H and O–H groups in total. The Morgan fingerprint density at radius 3 is 2.43 bits per heavy atom. The molecule has 0 atom stereocenters. The minimum Gasteiger partial charge on any atom is -0.326 e. The molecule has 2 rings (SSSR count). The average molecular weight is 434 g/mol. The summed E-state index contributed by atoms with van der Waals surface area (Å²) in [5.41, 5.74) is 1.92. The second-order valence-corrected chi connectivity index (χ2v) is 8.97. The number of rotatable bonds is 11. The molecular weight excluding hydrogens is 406 g/mol. The van der Waals surface area contributed by atoms with Crippen molar-refractivity contribution in [2.45, 2.75) is 39.0 Å². The number of nitrogens with zero attached hydrogens (tertiary/aromatic N) is 2. The van der Waals surface area contributed by atoms with Crippen LogP contribution in [0.4, 0.5) is 17.1 Å². The van der Waals surface area contributed by atoms with Gasteiger partial charge in [-0.1, -0.05) is 31.5 Å². The molecule has 0 aliphatic heterocycles. The van der Waals surface area contributed by atoms with E-state index in [0.29, 0.717) is 5.69 Å². The SMILES string of the molecule is CCCCc1ccc(NC(=O)CCCN(c2cccc([N+](=O)[O-])c2)S(C)(=O)=O)cc1. The molecular formula is C21H27N3O5S. The van der Waals surface area contributed by atoms with Crippen LogP contribution in [0.2, 0.25) is 0 Å². The fourth-order valence-corrected chi connectivity index (χ4v) is 3.95. The summed E-state index contributed by atoms with van der Waals surface area (Å²) >= 11 is 0. The zero-order valence-corrected chi connectivity index (χ0v) is 18.0.